The van der Waals surface area contributed by atoms with Crippen LogP contribution in [0.15, 0.2) is 41.3 Å². The number of sulfonamides is 1. The summed E-state index contributed by atoms with van der Waals surface area (Å²) in [5, 5.41) is 3.00. The third-order valence-electron chi connectivity index (χ3n) is 6.27. The normalized spacial score (nSPS) is 17.1. The maximum absolute atomic E-state index is 13.1. The predicted molar refractivity (Wildman–Crippen MR) is 128 cm³/mol. The number of hydrogen-bond donors (Lipinski definition) is 1. The number of amides is 1. The number of ether oxygens (including phenoxy) is 3. The Bertz CT molecular complexity index is 1130. The maximum Gasteiger partial charge on any atom is 0.243 e. The van der Waals surface area contributed by atoms with Crippen LogP contribution in [0.5, 0.6) is 17.2 Å². The molecule has 1 unspecified atom stereocenters. The molecule has 0 spiro atoms. The quantitative estimate of drug-likeness (QED) is 0.612. The third kappa shape index (κ3) is 5.47. The number of hydrogen-bond acceptors (Lipinski definition) is 6. The highest BCUT2D eigenvalue weighted by Crippen LogP contribution is 2.33. The van der Waals surface area contributed by atoms with Gasteiger partial charge < -0.3 is 19.5 Å². The summed E-state index contributed by atoms with van der Waals surface area (Å²) in [5.41, 5.74) is 1.62. The molecule has 9 heteroatoms. The highest BCUT2D eigenvalue weighted by atomic mass is 32.2. The van der Waals surface area contributed by atoms with Gasteiger partial charge in [0.25, 0.3) is 0 Å². The Morgan fingerprint density at radius 3 is 2.53 bits per heavy atom. The molecule has 0 radical (unpaired) electrons. The largest absolute Gasteiger partial charge is 0.496 e. The minimum atomic E-state index is -3.56. The first-order chi connectivity index (χ1) is 16.4. The van der Waals surface area contributed by atoms with Crippen LogP contribution in [-0.2, 0) is 21.2 Å². The minimum absolute atomic E-state index is 0.131. The van der Waals surface area contributed by atoms with E-state index in [0.29, 0.717) is 55.5 Å². The minimum Gasteiger partial charge on any atom is -0.496 e. The Balaban J connectivity index is 1.41. The van der Waals surface area contributed by atoms with Crippen LogP contribution in [0.4, 0.5) is 0 Å². The Morgan fingerprint density at radius 1 is 1.06 bits per heavy atom. The van der Waals surface area contributed by atoms with E-state index in [4.69, 9.17) is 14.2 Å². The number of carbonyl (C=O) groups excluding carboxylic acids is 1. The number of fused-ring (bicyclic) bond motifs is 1. The first-order valence-electron chi connectivity index (χ1n) is 11.7. The average Bonchev–Trinajstić information content (AvgIpc) is 2.87. The Labute approximate surface area is 201 Å². The van der Waals surface area contributed by atoms with Crippen molar-refractivity contribution in [2.45, 2.75) is 50.0 Å². The van der Waals surface area contributed by atoms with Crippen molar-refractivity contribution in [1.29, 1.82) is 0 Å². The third-order valence-corrected chi connectivity index (χ3v) is 8.16. The lowest BCUT2D eigenvalue weighted by Gasteiger charge is -2.26. The van der Waals surface area contributed by atoms with Gasteiger partial charge in [-0.05, 0) is 67.6 Å². The van der Waals surface area contributed by atoms with Gasteiger partial charge in [0.15, 0.2) is 11.5 Å². The lowest BCUT2D eigenvalue weighted by molar-refractivity contribution is -0.121. The summed E-state index contributed by atoms with van der Waals surface area (Å²) in [6.07, 6.45) is 3.39. The molecule has 184 valence electrons. The summed E-state index contributed by atoms with van der Waals surface area (Å²) in [5.74, 6) is 1.83. The number of rotatable bonds is 8. The van der Waals surface area contributed by atoms with Crippen molar-refractivity contribution in [2.24, 2.45) is 0 Å². The van der Waals surface area contributed by atoms with Crippen LogP contribution in [0.25, 0.3) is 0 Å². The molecule has 2 aliphatic rings. The number of piperidine rings is 1. The summed E-state index contributed by atoms with van der Waals surface area (Å²) in [6, 6.07) is 10.3. The van der Waals surface area contributed by atoms with E-state index in [-0.39, 0.29) is 23.3 Å². The monoisotopic (exact) mass is 488 g/mol. The second-order valence-corrected chi connectivity index (χ2v) is 10.6. The summed E-state index contributed by atoms with van der Waals surface area (Å²) in [6.45, 7) is 4.04. The van der Waals surface area contributed by atoms with Gasteiger partial charge in [0.1, 0.15) is 19.0 Å². The zero-order valence-corrected chi connectivity index (χ0v) is 20.5. The van der Waals surface area contributed by atoms with Gasteiger partial charge >= 0.3 is 0 Å². The molecule has 1 atom stereocenters. The molecule has 1 fully saturated rings. The summed E-state index contributed by atoms with van der Waals surface area (Å²) >= 11 is 0. The maximum atomic E-state index is 13.1. The van der Waals surface area contributed by atoms with E-state index >= 15 is 0 Å². The summed E-state index contributed by atoms with van der Waals surface area (Å²) in [7, 11) is -2.01. The molecule has 2 aromatic rings. The van der Waals surface area contributed by atoms with Crippen molar-refractivity contribution in [3.8, 4) is 17.2 Å². The molecule has 0 saturated carbocycles. The molecule has 0 aliphatic carbocycles. The van der Waals surface area contributed by atoms with Crippen LogP contribution < -0.4 is 19.5 Å². The second kappa shape index (κ2) is 10.7. The van der Waals surface area contributed by atoms with E-state index in [1.165, 1.54) is 0 Å². The Kier molecular flexibility index (Phi) is 7.63. The molecule has 2 aliphatic heterocycles. The summed E-state index contributed by atoms with van der Waals surface area (Å²) in [4.78, 5) is 12.9. The first kappa shape index (κ1) is 24.3. The molecule has 1 saturated heterocycles. The van der Waals surface area contributed by atoms with Crippen molar-refractivity contribution in [1.82, 2.24) is 9.62 Å². The second-order valence-electron chi connectivity index (χ2n) is 8.63. The fraction of sp³-hybridized carbons (Fsp3) is 0.480. The van der Waals surface area contributed by atoms with Crippen molar-refractivity contribution in [2.75, 3.05) is 33.4 Å². The van der Waals surface area contributed by atoms with Gasteiger partial charge in [-0.25, -0.2) is 8.42 Å². The standard InChI is InChI=1S/C25H32N2O6S/c1-18(19-6-9-23-24(17-19)33-15-14-32-23)26-25(28)11-7-20-16-21(8-10-22(20)31-2)34(29,30)27-12-4-3-5-13-27/h6,8-10,16-18H,3-5,7,11-15H2,1-2H3,(H,26,28). The van der Waals surface area contributed by atoms with Gasteiger partial charge in [-0.2, -0.15) is 4.31 Å². The fourth-order valence-electron chi connectivity index (χ4n) is 4.34. The van der Waals surface area contributed by atoms with Gasteiger partial charge in [-0.3, -0.25) is 4.79 Å². The van der Waals surface area contributed by atoms with E-state index in [1.807, 2.05) is 25.1 Å². The molecule has 1 N–H and O–H groups in total. The lowest BCUT2D eigenvalue weighted by Crippen LogP contribution is -2.35. The van der Waals surface area contributed by atoms with Crippen molar-refractivity contribution < 1.29 is 27.4 Å². The highest BCUT2D eigenvalue weighted by Gasteiger charge is 2.27. The zero-order chi connectivity index (χ0) is 24.1. The van der Waals surface area contributed by atoms with E-state index in [9.17, 15) is 13.2 Å². The van der Waals surface area contributed by atoms with Crippen LogP contribution in [0.3, 0.4) is 0 Å². The SMILES string of the molecule is COc1ccc(S(=O)(=O)N2CCCCC2)cc1CCC(=O)NC(C)c1ccc2c(c1)OCCO2. The van der Waals surface area contributed by atoms with E-state index < -0.39 is 10.0 Å². The van der Waals surface area contributed by atoms with Crippen LogP contribution >= 0.6 is 0 Å². The average molecular weight is 489 g/mol. The van der Waals surface area contributed by atoms with Gasteiger partial charge in [-0.15, -0.1) is 0 Å². The van der Waals surface area contributed by atoms with Crippen LogP contribution in [0, 0.1) is 0 Å². The number of nitrogens with one attached hydrogen (secondary N) is 1. The molecule has 2 heterocycles. The van der Waals surface area contributed by atoms with Gasteiger partial charge in [0.05, 0.1) is 18.0 Å². The summed E-state index contributed by atoms with van der Waals surface area (Å²) < 4.78 is 44.3. The number of methoxy groups -OCH3 is 1. The van der Waals surface area contributed by atoms with Crippen molar-refractivity contribution in [3.05, 3.63) is 47.5 Å². The number of aryl methyl sites for hydroxylation is 1. The molecular weight excluding hydrogens is 456 g/mol. The molecule has 0 aromatic heterocycles. The zero-order valence-electron chi connectivity index (χ0n) is 19.7. The lowest BCUT2D eigenvalue weighted by atomic mass is 10.1. The molecule has 1 amide bonds. The van der Waals surface area contributed by atoms with Gasteiger partial charge in [0.2, 0.25) is 15.9 Å². The molecule has 8 nitrogen and oxygen atoms in total. The van der Waals surface area contributed by atoms with Crippen LogP contribution in [-0.4, -0.2) is 52.0 Å². The van der Waals surface area contributed by atoms with Crippen molar-refractivity contribution in [3.63, 3.8) is 0 Å². The van der Waals surface area contributed by atoms with E-state index in [0.717, 1.165) is 24.8 Å². The van der Waals surface area contributed by atoms with E-state index in [2.05, 4.69) is 5.32 Å². The van der Waals surface area contributed by atoms with Crippen LogP contribution in [0.1, 0.15) is 49.8 Å². The van der Waals surface area contributed by atoms with Gasteiger partial charge in [-0.1, -0.05) is 12.5 Å². The molecule has 2 aromatic carbocycles. The fourth-order valence-corrected chi connectivity index (χ4v) is 5.91. The molecule has 0 bridgehead atoms. The Hall–Kier alpha value is -2.78. The van der Waals surface area contributed by atoms with Crippen LogP contribution in [0.2, 0.25) is 0 Å². The predicted octanol–water partition coefficient (Wildman–Crippen LogP) is 3.45. The molecule has 4 rings (SSSR count). The van der Waals surface area contributed by atoms with Gasteiger partial charge in [0, 0.05) is 19.5 Å². The highest BCUT2D eigenvalue weighted by molar-refractivity contribution is 7.89. The number of nitrogens with zero attached hydrogens (tertiary/aromatic N) is 1. The van der Waals surface area contributed by atoms with E-state index in [1.54, 1.807) is 29.6 Å². The molecule has 34 heavy (non-hydrogen) atoms. The molecular formula is C25H32N2O6S. The Morgan fingerprint density at radius 2 is 1.79 bits per heavy atom. The van der Waals surface area contributed by atoms with Crippen molar-refractivity contribution >= 4 is 15.9 Å². The number of benzene rings is 2. The topological polar surface area (TPSA) is 94.2 Å². The first-order valence-corrected chi connectivity index (χ1v) is 13.2. The number of carbonyl (C=O) groups is 1. The smallest absolute Gasteiger partial charge is 0.243 e.